The van der Waals surface area contributed by atoms with Gasteiger partial charge in [-0.3, -0.25) is 4.79 Å². The number of esters is 2. The zero-order valence-electron chi connectivity index (χ0n) is 12.7. The number of benzene rings is 2. The fraction of sp³-hybridized carbons (Fsp3) is 0.176. The second-order valence-electron chi connectivity index (χ2n) is 5.11. The van der Waals surface area contributed by atoms with Gasteiger partial charge in [0.25, 0.3) is 0 Å². The first-order valence-corrected chi connectivity index (χ1v) is 6.68. The number of anilines is 1. The standard InChI is InChI=1S/C17H17NO4/c1-9(2)17(20)22-16-12-6-5-10(3)7-13(12)15(8-14(16)18)21-11(4)19/h5-8H,1,18H2,2-4H3. The number of carbonyl (C=O) groups is 2. The van der Waals surface area contributed by atoms with Crippen LogP contribution in [-0.2, 0) is 9.59 Å². The average Bonchev–Trinajstić information content (AvgIpc) is 2.42. The minimum Gasteiger partial charge on any atom is -0.426 e. The van der Waals surface area contributed by atoms with Crippen LogP contribution in [0.3, 0.4) is 0 Å². The highest BCUT2D eigenvalue weighted by atomic mass is 16.5. The number of ether oxygens (including phenoxy) is 2. The Kier molecular flexibility index (Phi) is 4.17. The normalized spacial score (nSPS) is 10.3. The first kappa shape index (κ1) is 15.6. The van der Waals surface area contributed by atoms with Crippen molar-refractivity contribution in [1.29, 1.82) is 0 Å². The number of carbonyl (C=O) groups excluding carboxylic acids is 2. The molecule has 2 rings (SSSR count). The van der Waals surface area contributed by atoms with Gasteiger partial charge in [0.1, 0.15) is 5.75 Å². The summed E-state index contributed by atoms with van der Waals surface area (Å²) in [6, 6.07) is 6.95. The van der Waals surface area contributed by atoms with Crippen molar-refractivity contribution < 1.29 is 19.1 Å². The average molecular weight is 299 g/mol. The summed E-state index contributed by atoms with van der Waals surface area (Å²) in [6.07, 6.45) is 0. The molecule has 0 spiro atoms. The lowest BCUT2D eigenvalue weighted by molar-refractivity contribution is -0.132. The molecule has 2 aromatic carbocycles. The van der Waals surface area contributed by atoms with E-state index in [1.54, 1.807) is 13.0 Å². The predicted molar refractivity (Wildman–Crippen MR) is 84.9 cm³/mol. The van der Waals surface area contributed by atoms with E-state index in [-0.39, 0.29) is 17.0 Å². The molecule has 0 aliphatic carbocycles. The van der Waals surface area contributed by atoms with Crippen molar-refractivity contribution in [2.75, 3.05) is 5.73 Å². The summed E-state index contributed by atoms with van der Waals surface area (Å²) in [5.74, 6) is -0.444. The largest absolute Gasteiger partial charge is 0.426 e. The van der Waals surface area contributed by atoms with E-state index in [1.807, 2.05) is 19.1 Å². The molecule has 5 nitrogen and oxygen atoms in total. The second kappa shape index (κ2) is 5.89. The summed E-state index contributed by atoms with van der Waals surface area (Å²) in [5.41, 5.74) is 7.40. The van der Waals surface area contributed by atoms with Gasteiger partial charge in [0.2, 0.25) is 0 Å². The highest BCUT2D eigenvalue weighted by molar-refractivity contribution is 6.01. The Balaban J connectivity index is 2.68. The lowest BCUT2D eigenvalue weighted by Gasteiger charge is -2.14. The Morgan fingerprint density at radius 2 is 1.77 bits per heavy atom. The molecule has 0 saturated carbocycles. The van der Waals surface area contributed by atoms with Crippen LogP contribution >= 0.6 is 0 Å². The lowest BCUT2D eigenvalue weighted by Crippen LogP contribution is -2.11. The highest BCUT2D eigenvalue weighted by Crippen LogP contribution is 2.39. The first-order chi connectivity index (χ1) is 10.3. The van der Waals surface area contributed by atoms with Gasteiger partial charge in [0.05, 0.1) is 5.69 Å². The molecule has 0 bridgehead atoms. The number of hydrogen-bond donors (Lipinski definition) is 1. The van der Waals surface area contributed by atoms with Crippen molar-refractivity contribution in [2.24, 2.45) is 0 Å². The summed E-state index contributed by atoms with van der Waals surface area (Å²) in [4.78, 5) is 23.0. The maximum Gasteiger partial charge on any atom is 0.338 e. The number of rotatable bonds is 3. The number of nitrogens with two attached hydrogens (primary N) is 1. The first-order valence-electron chi connectivity index (χ1n) is 6.68. The molecule has 0 aromatic heterocycles. The summed E-state index contributed by atoms with van der Waals surface area (Å²) in [5, 5.41) is 1.24. The molecule has 0 unspecified atom stereocenters. The van der Waals surface area contributed by atoms with Crippen LogP contribution in [0.25, 0.3) is 10.8 Å². The van der Waals surface area contributed by atoms with Gasteiger partial charge in [-0.15, -0.1) is 0 Å². The molecule has 22 heavy (non-hydrogen) atoms. The molecule has 2 aromatic rings. The molecule has 0 radical (unpaired) electrons. The fourth-order valence-electron chi connectivity index (χ4n) is 2.03. The van der Waals surface area contributed by atoms with E-state index in [1.165, 1.54) is 13.0 Å². The lowest BCUT2D eigenvalue weighted by atomic mass is 10.0. The Hall–Kier alpha value is -2.82. The van der Waals surface area contributed by atoms with E-state index >= 15 is 0 Å². The quantitative estimate of drug-likeness (QED) is 0.408. The van der Waals surface area contributed by atoms with Crippen molar-refractivity contribution in [3.63, 3.8) is 0 Å². The third-order valence-corrected chi connectivity index (χ3v) is 3.03. The Morgan fingerprint density at radius 3 is 2.36 bits per heavy atom. The van der Waals surface area contributed by atoms with Crippen LogP contribution in [0.5, 0.6) is 11.5 Å². The molecule has 0 aliphatic rings. The number of nitrogen functional groups attached to an aromatic ring is 1. The Morgan fingerprint density at radius 1 is 1.09 bits per heavy atom. The summed E-state index contributed by atoms with van der Waals surface area (Å²) in [6.45, 7) is 8.32. The van der Waals surface area contributed by atoms with Crippen molar-refractivity contribution in [3.8, 4) is 11.5 Å². The van der Waals surface area contributed by atoms with Crippen LogP contribution in [0.15, 0.2) is 36.4 Å². The predicted octanol–water partition coefficient (Wildman–Crippen LogP) is 3.14. The Labute approximate surface area is 128 Å². The van der Waals surface area contributed by atoms with Crippen molar-refractivity contribution in [3.05, 3.63) is 42.0 Å². The molecule has 5 heteroatoms. The zero-order valence-corrected chi connectivity index (χ0v) is 12.7. The summed E-state index contributed by atoms with van der Waals surface area (Å²) in [7, 11) is 0. The van der Waals surface area contributed by atoms with E-state index in [0.717, 1.165) is 5.56 Å². The maximum atomic E-state index is 11.8. The molecule has 0 atom stereocenters. The van der Waals surface area contributed by atoms with E-state index in [2.05, 4.69) is 6.58 Å². The molecular formula is C17H17NO4. The molecule has 0 aliphatic heterocycles. The van der Waals surface area contributed by atoms with Crippen LogP contribution in [0.1, 0.15) is 19.4 Å². The van der Waals surface area contributed by atoms with Gasteiger partial charge in [-0.05, 0) is 19.9 Å². The van der Waals surface area contributed by atoms with E-state index < -0.39 is 11.9 Å². The van der Waals surface area contributed by atoms with Crippen LogP contribution < -0.4 is 15.2 Å². The minimum absolute atomic E-state index is 0.210. The van der Waals surface area contributed by atoms with Gasteiger partial charge in [-0.25, -0.2) is 4.79 Å². The zero-order chi connectivity index (χ0) is 16.4. The third kappa shape index (κ3) is 3.09. The fourth-order valence-corrected chi connectivity index (χ4v) is 2.03. The van der Waals surface area contributed by atoms with Gasteiger partial charge in [-0.1, -0.05) is 24.3 Å². The summed E-state index contributed by atoms with van der Waals surface area (Å²) >= 11 is 0. The maximum absolute atomic E-state index is 11.8. The Bertz CT molecular complexity index is 793. The van der Waals surface area contributed by atoms with Gasteiger partial charge in [0.15, 0.2) is 5.75 Å². The molecule has 0 heterocycles. The highest BCUT2D eigenvalue weighted by Gasteiger charge is 2.17. The topological polar surface area (TPSA) is 78.6 Å². The van der Waals surface area contributed by atoms with Crippen LogP contribution in [0, 0.1) is 6.92 Å². The van der Waals surface area contributed by atoms with Crippen molar-refractivity contribution in [2.45, 2.75) is 20.8 Å². The van der Waals surface area contributed by atoms with E-state index in [9.17, 15) is 9.59 Å². The van der Waals surface area contributed by atoms with Gasteiger partial charge >= 0.3 is 11.9 Å². The molecule has 2 N–H and O–H groups in total. The molecule has 0 saturated heterocycles. The molecule has 0 fully saturated rings. The van der Waals surface area contributed by atoms with Crippen LogP contribution in [0.2, 0.25) is 0 Å². The van der Waals surface area contributed by atoms with Crippen molar-refractivity contribution >= 4 is 28.4 Å². The molecule has 0 amide bonds. The molecule has 114 valence electrons. The van der Waals surface area contributed by atoms with Crippen LogP contribution in [-0.4, -0.2) is 11.9 Å². The van der Waals surface area contributed by atoms with Crippen molar-refractivity contribution in [1.82, 2.24) is 0 Å². The van der Waals surface area contributed by atoms with Gasteiger partial charge in [0, 0.05) is 29.3 Å². The second-order valence-corrected chi connectivity index (χ2v) is 5.11. The van der Waals surface area contributed by atoms with E-state index in [0.29, 0.717) is 16.5 Å². The van der Waals surface area contributed by atoms with E-state index in [4.69, 9.17) is 15.2 Å². The smallest absolute Gasteiger partial charge is 0.338 e. The SMILES string of the molecule is C=C(C)C(=O)Oc1c(N)cc(OC(C)=O)c2cc(C)ccc12. The van der Waals surface area contributed by atoms with Gasteiger partial charge in [-0.2, -0.15) is 0 Å². The number of fused-ring (bicyclic) bond motifs is 1. The number of hydrogen-bond acceptors (Lipinski definition) is 5. The number of aryl methyl sites for hydroxylation is 1. The monoisotopic (exact) mass is 299 g/mol. The summed E-state index contributed by atoms with van der Waals surface area (Å²) < 4.78 is 10.5. The van der Waals surface area contributed by atoms with Crippen LogP contribution in [0.4, 0.5) is 5.69 Å². The molecular weight excluding hydrogens is 282 g/mol. The van der Waals surface area contributed by atoms with Gasteiger partial charge < -0.3 is 15.2 Å². The minimum atomic E-state index is -0.561. The third-order valence-electron chi connectivity index (χ3n) is 3.03.